The first-order chi connectivity index (χ1) is 12.1. The standard InChI is InChI=1S/C20H19ClN2O2/c1-2-3-7-14-10-12-15(13-11-14)22-18-17(21)19(24)23(20(18)25)16-8-5-4-6-9-16/h4-6,8-13,22H,2-3,7H2,1H3. The van der Waals surface area contributed by atoms with Gasteiger partial charge in [0.1, 0.15) is 10.7 Å². The van der Waals surface area contributed by atoms with E-state index >= 15 is 0 Å². The Morgan fingerprint density at radius 1 is 0.960 bits per heavy atom. The van der Waals surface area contributed by atoms with E-state index < -0.39 is 11.8 Å². The Labute approximate surface area is 152 Å². The molecule has 25 heavy (non-hydrogen) atoms. The van der Waals surface area contributed by atoms with E-state index in [1.165, 1.54) is 5.56 Å². The van der Waals surface area contributed by atoms with Gasteiger partial charge >= 0.3 is 0 Å². The van der Waals surface area contributed by atoms with Crippen LogP contribution in [-0.4, -0.2) is 11.8 Å². The first kappa shape index (κ1) is 17.2. The molecule has 128 valence electrons. The highest BCUT2D eigenvalue weighted by Gasteiger charge is 2.38. The van der Waals surface area contributed by atoms with Crippen LogP contribution < -0.4 is 10.2 Å². The van der Waals surface area contributed by atoms with Crippen molar-refractivity contribution >= 4 is 34.8 Å². The van der Waals surface area contributed by atoms with Gasteiger partial charge in [-0.3, -0.25) is 9.59 Å². The van der Waals surface area contributed by atoms with Crippen molar-refractivity contribution in [3.63, 3.8) is 0 Å². The lowest BCUT2D eigenvalue weighted by Gasteiger charge is -2.14. The number of aryl methyl sites for hydroxylation is 1. The van der Waals surface area contributed by atoms with Gasteiger partial charge in [0.05, 0.1) is 5.69 Å². The van der Waals surface area contributed by atoms with Crippen molar-refractivity contribution in [2.24, 2.45) is 0 Å². The van der Waals surface area contributed by atoms with Crippen LogP contribution in [0, 0.1) is 0 Å². The maximum absolute atomic E-state index is 12.6. The summed E-state index contributed by atoms with van der Waals surface area (Å²) in [5.41, 5.74) is 2.58. The van der Waals surface area contributed by atoms with E-state index in [1.807, 2.05) is 30.3 Å². The van der Waals surface area contributed by atoms with Gasteiger partial charge in [-0.2, -0.15) is 0 Å². The molecule has 0 spiro atoms. The Hall–Kier alpha value is -2.59. The predicted octanol–water partition coefficient (Wildman–Crippen LogP) is 4.46. The number of hydrogen-bond donors (Lipinski definition) is 1. The van der Waals surface area contributed by atoms with Gasteiger partial charge in [0.15, 0.2) is 0 Å². The average Bonchev–Trinajstić information content (AvgIpc) is 2.85. The molecule has 4 nitrogen and oxygen atoms in total. The SMILES string of the molecule is CCCCc1ccc(NC2=C(Cl)C(=O)N(c3ccccc3)C2=O)cc1. The van der Waals surface area contributed by atoms with E-state index in [4.69, 9.17) is 11.6 Å². The van der Waals surface area contributed by atoms with Crippen molar-refractivity contribution in [1.29, 1.82) is 0 Å². The van der Waals surface area contributed by atoms with E-state index in [2.05, 4.69) is 12.2 Å². The summed E-state index contributed by atoms with van der Waals surface area (Å²) in [5, 5.41) is 2.90. The molecule has 1 N–H and O–H groups in total. The highest BCUT2D eigenvalue weighted by Crippen LogP contribution is 2.29. The fourth-order valence-electron chi connectivity index (χ4n) is 2.70. The van der Waals surface area contributed by atoms with Crippen LogP contribution in [0.15, 0.2) is 65.3 Å². The van der Waals surface area contributed by atoms with E-state index in [0.717, 1.165) is 29.8 Å². The van der Waals surface area contributed by atoms with Crippen LogP contribution in [0.3, 0.4) is 0 Å². The third kappa shape index (κ3) is 3.59. The Kier molecular flexibility index (Phi) is 5.19. The smallest absolute Gasteiger partial charge is 0.283 e. The molecular weight excluding hydrogens is 336 g/mol. The van der Waals surface area contributed by atoms with Gasteiger partial charge in [0.2, 0.25) is 0 Å². The molecule has 0 saturated heterocycles. The molecule has 2 aromatic rings. The monoisotopic (exact) mass is 354 g/mol. The summed E-state index contributed by atoms with van der Waals surface area (Å²) in [6.07, 6.45) is 3.32. The normalized spacial score (nSPS) is 14.4. The molecule has 1 aliphatic rings. The van der Waals surface area contributed by atoms with Crippen LogP contribution in [0.4, 0.5) is 11.4 Å². The van der Waals surface area contributed by atoms with Crippen LogP contribution in [0.25, 0.3) is 0 Å². The Morgan fingerprint density at radius 3 is 2.28 bits per heavy atom. The number of nitrogens with one attached hydrogen (secondary N) is 1. The van der Waals surface area contributed by atoms with Gasteiger partial charge < -0.3 is 5.32 Å². The minimum Gasteiger partial charge on any atom is -0.350 e. The number of nitrogens with zero attached hydrogens (tertiary/aromatic N) is 1. The fourth-order valence-corrected chi connectivity index (χ4v) is 2.92. The van der Waals surface area contributed by atoms with Crippen LogP contribution in [0.5, 0.6) is 0 Å². The summed E-state index contributed by atoms with van der Waals surface area (Å²) in [5.74, 6) is -0.962. The molecule has 0 saturated carbocycles. The largest absolute Gasteiger partial charge is 0.350 e. The molecular formula is C20H19ClN2O2. The third-order valence-corrected chi connectivity index (χ3v) is 4.43. The first-order valence-electron chi connectivity index (χ1n) is 8.31. The van der Waals surface area contributed by atoms with Crippen molar-refractivity contribution in [3.05, 3.63) is 70.9 Å². The second-order valence-electron chi connectivity index (χ2n) is 5.90. The maximum atomic E-state index is 12.6. The number of hydrogen-bond acceptors (Lipinski definition) is 3. The topological polar surface area (TPSA) is 49.4 Å². The molecule has 0 aliphatic carbocycles. The van der Waals surface area contributed by atoms with E-state index in [-0.39, 0.29) is 10.7 Å². The summed E-state index contributed by atoms with van der Waals surface area (Å²) in [4.78, 5) is 26.1. The molecule has 1 heterocycles. The number of anilines is 2. The van der Waals surface area contributed by atoms with Crippen molar-refractivity contribution in [3.8, 4) is 0 Å². The number of amides is 2. The number of carbonyl (C=O) groups excluding carboxylic acids is 2. The molecule has 3 rings (SSSR count). The van der Waals surface area contributed by atoms with Crippen LogP contribution >= 0.6 is 11.6 Å². The minimum atomic E-state index is -0.514. The Morgan fingerprint density at radius 2 is 1.64 bits per heavy atom. The zero-order valence-electron chi connectivity index (χ0n) is 14.0. The second-order valence-corrected chi connectivity index (χ2v) is 6.27. The Bertz CT molecular complexity index is 813. The summed E-state index contributed by atoms with van der Waals surface area (Å²) in [7, 11) is 0. The number of imide groups is 1. The molecule has 0 unspecified atom stereocenters. The molecule has 2 amide bonds. The number of benzene rings is 2. The van der Waals surface area contributed by atoms with Crippen LogP contribution in [0.1, 0.15) is 25.3 Å². The number of carbonyl (C=O) groups is 2. The summed E-state index contributed by atoms with van der Waals surface area (Å²) >= 11 is 6.12. The molecule has 0 fully saturated rings. The number of halogens is 1. The molecule has 0 aromatic heterocycles. The van der Waals surface area contributed by atoms with Crippen LogP contribution in [-0.2, 0) is 16.0 Å². The molecule has 5 heteroatoms. The molecule has 2 aromatic carbocycles. The zero-order valence-corrected chi connectivity index (χ0v) is 14.7. The van der Waals surface area contributed by atoms with Gasteiger partial charge in [0.25, 0.3) is 11.8 Å². The van der Waals surface area contributed by atoms with Crippen molar-refractivity contribution in [1.82, 2.24) is 0 Å². The van der Waals surface area contributed by atoms with Gasteiger partial charge in [0, 0.05) is 5.69 Å². The van der Waals surface area contributed by atoms with Crippen molar-refractivity contribution < 1.29 is 9.59 Å². The average molecular weight is 355 g/mol. The third-order valence-electron chi connectivity index (χ3n) is 4.08. The number of unbranched alkanes of at least 4 members (excludes halogenated alkanes) is 1. The van der Waals surface area contributed by atoms with Gasteiger partial charge in [-0.15, -0.1) is 0 Å². The van der Waals surface area contributed by atoms with Crippen LogP contribution in [0.2, 0.25) is 0 Å². The lowest BCUT2D eigenvalue weighted by Crippen LogP contribution is -2.32. The second kappa shape index (κ2) is 7.53. The molecule has 0 atom stereocenters. The van der Waals surface area contributed by atoms with E-state index in [9.17, 15) is 9.59 Å². The maximum Gasteiger partial charge on any atom is 0.283 e. The molecule has 1 aliphatic heterocycles. The Balaban J connectivity index is 1.78. The zero-order chi connectivity index (χ0) is 17.8. The quantitative estimate of drug-likeness (QED) is 0.779. The number of para-hydroxylation sites is 1. The van der Waals surface area contributed by atoms with Gasteiger partial charge in [-0.25, -0.2) is 4.90 Å². The fraction of sp³-hybridized carbons (Fsp3) is 0.200. The lowest BCUT2D eigenvalue weighted by atomic mass is 10.1. The minimum absolute atomic E-state index is 0.0936. The molecule has 0 radical (unpaired) electrons. The highest BCUT2D eigenvalue weighted by atomic mass is 35.5. The van der Waals surface area contributed by atoms with E-state index in [1.54, 1.807) is 24.3 Å². The summed E-state index contributed by atoms with van der Waals surface area (Å²) < 4.78 is 0. The summed E-state index contributed by atoms with van der Waals surface area (Å²) in [6, 6.07) is 16.6. The van der Waals surface area contributed by atoms with Crippen molar-refractivity contribution in [2.75, 3.05) is 10.2 Å². The van der Waals surface area contributed by atoms with Crippen molar-refractivity contribution in [2.45, 2.75) is 26.2 Å². The van der Waals surface area contributed by atoms with Gasteiger partial charge in [-0.05, 0) is 42.7 Å². The number of rotatable bonds is 6. The van der Waals surface area contributed by atoms with Gasteiger partial charge in [-0.1, -0.05) is 55.3 Å². The highest BCUT2D eigenvalue weighted by molar-refractivity contribution is 6.53. The summed E-state index contributed by atoms with van der Waals surface area (Å²) in [6.45, 7) is 2.16. The molecule has 0 bridgehead atoms. The first-order valence-corrected chi connectivity index (χ1v) is 8.69. The lowest BCUT2D eigenvalue weighted by molar-refractivity contribution is -0.120. The van der Waals surface area contributed by atoms with E-state index in [0.29, 0.717) is 5.69 Å². The predicted molar refractivity (Wildman–Crippen MR) is 100 cm³/mol.